The maximum Gasteiger partial charge on any atom is 0.323 e. The third kappa shape index (κ3) is 3.90. The van der Waals surface area contributed by atoms with Gasteiger partial charge in [0.2, 0.25) is 0 Å². The zero-order valence-electron chi connectivity index (χ0n) is 16.5. The summed E-state index contributed by atoms with van der Waals surface area (Å²) in [6.45, 7) is 0. The van der Waals surface area contributed by atoms with Crippen LogP contribution in [0.1, 0.15) is 21.5 Å². The van der Waals surface area contributed by atoms with Gasteiger partial charge in [0.15, 0.2) is 5.78 Å². The van der Waals surface area contributed by atoms with E-state index >= 15 is 0 Å². The van der Waals surface area contributed by atoms with Crippen LogP contribution in [0.5, 0.6) is 0 Å². The van der Waals surface area contributed by atoms with E-state index in [1.807, 2.05) is 6.07 Å². The molecular formula is C22H17N7O2. The molecule has 2 heterocycles. The molecule has 0 aliphatic rings. The molecule has 0 unspecified atom stereocenters. The third-order valence-electron chi connectivity index (χ3n) is 4.66. The number of anilines is 3. The van der Waals surface area contributed by atoms with E-state index in [1.165, 1.54) is 6.33 Å². The average molecular weight is 411 g/mol. The van der Waals surface area contributed by atoms with Gasteiger partial charge >= 0.3 is 6.03 Å². The molecule has 152 valence electrons. The lowest BCUT2D eigenvalue weighted by Crippen LogP contribution is -2.19. The lowest BCUT2D eigenvalue weighted by molar-refractivity contribution is 0.104. The van der Waals surface area contributed by atoms with Crippen LogP contribution in [-0.2, 0) is 7.05 Å². The number of carbonyl (C=O) groups is 2. The smallest absolute Gasteiger partial charge is 0.323 e. The molecule has 2 amide bonds. The Labute approximate surface area is 177 Å². The van der Waals surface area contributed by atoms with Crippen LogP contribution in [0.2, 0.25) is 0 Å². The van der Waals surface area contributed by atoms with E-state index in [0.29, 0.717) is 39.1 Å². The molecule has 2 aromatic heterocycles. The first-order chi connectivity index (χ1) is 15.0. The fourth-order valence-corrected chi connectivity index (χ4v) is 3.26. The van der Waals surface area contributed by atoms with Crippen molar-refractivity contribution in [1.82, 2.24) is 14.5 Å². The molecule has 9 nitrogen and oxygen atoms in total. The quantitative estimate of drug-likeness (QED) is 0.440. The number of nitrogens with one attached hydrogen (secondary N) is 2. The second-order valence-corrected chi connectivity index (χ2v) is 6.79. The van der Waals surface area contributed by atoms with Crippen molar-refractivity contribution in [2.75, 3.05) is 16.4 Å². The van der Waals surface area contributed by atoms with E-state index in [1.54, 1.807) is 66.3 Å². The topological polar surface area (TPSA) is 139 Å². The molecule has 4 rings (SSSR count). The minimum atomic E-state index is -0.498. The van der Waals surface area contributed by atoms with Crippen molar-refractivity contribution in [1.29, 1.82) is 5.26 Å². The van der Waals surface area contributed by atoms with Crippen molar-refractivity contribution in [3.05, 3.63) is 77.7 Å². The number of nitrogen functional groups attached to an aromatic ring is 1. The van der Waals surface area contributed by atoms with E-state index in [9.17, 15) is 9.59 Å². The maximum absolute atomic E-state index is 13.1. The van der Waals surface area contributed by atoms with Crippen LogP contribution in [0.3, 0.4) is 0 Å². The van der Waals surface area contributed by atoms with Gasteiger partial charge in [0.1, 0.15) is 17.8 Å². The van der Waals surface area contributed by atoms with Crippen molar-refractivity contribution in [3.63, 3.8) is 0 Å². The van der Waals surface area contributed by atoms with Crippen LogP contribution in [0.4, 0.5) is 22.0 Å². The van der Waals surface area contributed by atoms with Gasteiger partial charge in [0.25, 0.3) is 0 Å². The molecular weight excluding hydrogens is 394 g/mol. The van der Waals surface area contributed by atoms with E-state index in [2.05, 4.69) is 20.6 Å². The fraction of sp³-hybridized carbons (Fsp3) is 0.0455. The van der Waals surface area contributed by atoms with Gasteiger partial charge in [0.05, 0.1) is 22.6 Å². The molecule has 0 atom stereocenters. The van der Waals surface area contributed by atoms with Crippen LogP contribution in [0.15, 0.2) is 61.1 Å². The summed E-state index contributed by atoms with van der Waals surface area (Å²) in [6.07, 6.45) is 3.01. The van der Waals surface area contributed by atoms with E-state index < -0.39 is 6.03 Å². The predicted octanol–water partition coefficient (Wildman–Crippen LogP) is 3.30. The van der Waals surface area contributed by atoms with E-state index in [0.717, 1.165) is 0 Å². The highest BCUT2D eigenvalue weighted by molar-refractivity contribution is 6.18. The van der Waals surface area contributed by atoms with Crippen molar-refractivity contribution in [2.45, 2.75) is 0 Å². The van der Waals surface area contributed by atoms with Crippen LogP contribution in [0.25, 0.3) is 11.0 Å². The first-order valence-electron chi connectivity index (χ1n) is 9.24. The second-order valence-electron chi connectivity index (χ2n) is 6.79. The zero-order valence-corrected chi connectivity index (χ0v) is 16.5. The summed E-state index contributed by atoms with van der Waals surface area (Å²) in [6, 6.07) is 14.6. The number of rotatable bonds is 4. The molecule has 2 aromatic carbocycles. The molecule has 0 bridgehead atoms. The minimum Gasteiger partial charge on any atom is -0.383 e. The zero-order chi connectivity index (χ0) is 22.0. The SMILES string of the molecule is Cn1cc(C(=O)c2cccc(NC(=O)Nc3cccc(C#N)c3)c2)c2c(N)ncnc21. The summed E-state index contributed by atoms with van der Waals surface area (Å²) in [4.78, 5) is 33.6. The molecule has 4 aromatic rings. The first kappa shape index (κ1) is 19.6. The van der Waals surface area contributed by atoms with Crippen LogP contribution >= 0.6 is 0 Å². The Bertz CT molecular complexity index is 1370. The van der Waals surface area contributed by atoms with E-state index in [-0.39, 0.29) is 11.6 Å². The lowest BCUT2D eigenvalue weighted by Gasteiger charge is -2.09. The molecule has 0 fully saturated rings. The number of hydrogen-bond donors (Lipinski definition) is 3. The normalized spacial score (nSPS) is 10.5. The number of nitrogens with zero attached hydrogens (tertiary/aromatic N) is 4. The Morgan fingerprint density at radius 2 is 1.77 bits per heavy atom. The van der Waals surface area contributed by atoms with Gasteiger partial charge < -0.3 is 20.9 Å². The highest BCUT2D eigenvalue weighted by atomic mass is 16.2. The number of fused-ring (bicyclic) bond motifs is 1. The van der Waals surface area contributed by atoms with Crippen molar-refractivity contribution in [3.8, 4) is 6.07 Å². The van der Waals surface area contributed by atoms with Gasteiger partial charge in [-0.25, -0.2) is 14.8 Å². The van der Waals surface area contributed by atoms with Gasteiger partial charge in [-0.1, -0.05) is 18.2 Å². The fourth-order valence-electron chi connectivity index (χ4n) is 3.26. The molecule has 0 spiro atoms. The summed E-state index contributed by atoms with van der Waals surface area (Å²) in [5.74, 6) is -0.0416. The standard InChI is InChI=1S/C22H17N7O2/c1-29-11-17(18-20(24)25-12-26-21(18)29)19(30)14-5-3-7-16(9-14)28-22(31)27-15-6-2-4-13(8-15)10-23/h2-9,11-12H,1H3,(H2,24,25,26)(H2,27,28,31). The molecule has 4 N–H and O–H groups in total. The van der Waals surface area contributed by atoms with Crippen LogP contribution in [-0.4, -0.2) is 26.3 Å². The Hall–Kier alpha value is -4.71. The number of aromatic nitrogens is 3. The van der Waals surface area contributed by atoms with Gasteiger partial charge in [-0.05, 0) is 30.3 Å². The largest absolute Gasteiger partial charge is 0.383 e. The molecule has 0 saturated carbocycles. The van der Waals surface area contributed by atoms with Gasteiger partial charge in [0, 0.05) is 30.2 Å². The van der Waals surface area contributed by atoms with Crippen molar-refractivity contribution in [2.24, 2.45) is 7.05 Å². The number of nitrogens with two attached hydrogens (primary N) is 1. The number of ketones is 1. The molecule has 0 radical (unpaired) electrons. The molecule has 9 heteroatoms. The lowest BCUT2D eigenvalue weighted by atomic mass is 10.0. The Kier molecular flexibility index (Phi) is 5.03. The highest BCUT2D eigenvalue weighted by Gasteiger charge is 2.19. The van der Waals surface area contributed by atoms with Crippen molar-refractivity contribution < 1.29 is 9.59 Å². The maximum atomic E-state index is 13.1. The minimum absolute atomic E-state index is 0.224. The highest BCUT2D eigenvalue weighted by Crippen LogP contribution is 2.26. The molecule has 0 saturated heterocycles. The number of urea groups is 1. The van der Waals surface area contributed by atoms with E-state index in [4.69, 9.17) is 11.0 Å². The summed E-state index contributed by atoms with van der Waals surface area (Å²) in [7, 11) is 1.77. The summed E-state index contributed by atoms with van der Waals surface area (Å²) >= 11 is 0. The Balaban J connectivity index is 1.57. The number of amides is 2. The van der Waals surface area contributed by atoms with Gasteiger partial charge in [-0.15, -0.1) is 0 Å². The number of hydrogen-bond acceptors (Lipinski definition) is 6. The number of aryl methyl sites for hydroxylation is 1. The first-order valence-corrected chi connectivity index (χ1v) is 9.24. The second kappa shape index (κ2) is 7.96. The number of nitriles is 1. The number of carbonyl (C=O) groups excluding carboxylic acids is 2. The number of benzene rings is 2. The molecule has 0 aliphatic heterocycles. The molecule has 0 aliphatic carbocycles. The molecule has 31 heavy (non-hydrogen) atoms. The van der Waals surface area contributed by atoms with Gasteiger partial charge in [-0.2, -0.15) is 5.26 Å². The third-order valence-corrected chi connectivity index (χ3v) is 4.66. The Morgan fingerprint density at radius 1 is 1.06 bits per heavy atom. The average Bonchev–Trinajstić information content (AvgIpc) is 3.11. The van der Waals surface area contributed by atoms with Crippen LogP contribution in [0, 0.1) is 11.3 Å². The van der Waals surface area contributed by atoms with Gasteiger partial charge in [-0.3, -0.25) is 4.79 Å². The van der Waals surface area contributed by atoms with Crippen molar-refractivity contribution >= 4 is 40.0 Å². The predicted molar refractivity (Wildman–Crippen MR) is 117 cm³/mol. The Morgan fingerprint density at radius 3 is 2.52 bits per heavy atom. The summed E-state index contributed by atoms with van der Waals surface area (Å²) < 4.78 is 1.71. The van der Waals surface area contributed by atoms with Crippen LogP contribution < -0.4 is 16.4 Å². The summed E-state index contributed by atoms with van der Waals surface area (Å²) in [5, 5.41) is 14.8. The summed E-state index contributed by atoms with van der Waals surface area (Å²) in [5.41, 5.74) is 8.64. The monoisotopic (exact) mass is 411 g/mol.